The molecule has 3 atom stereocenters. The molecule has 0 aromatic heterocycles. The third kappa shape index (κ3) is 6.76. The molecule has 0 aromatic rings. The lowest BCUT2D eigenvalue weighted by Gasteiger charge is -2.23. The first-order valence-electron chi connectivity index (χ1n) is 6.51. The van der Waals surface area contributed by atoms with Gasteiger partial charge in [-0.15, -0.1) is 0 Å². The molecule has 0 bridgehead atoms. The quantitative estimate of drug-likeness (QED) is 0.278. The Hall–Kier alpha value is -1.81. The van der Waals surface area contributed by atoms with E-state index in [-0.39, 0.29) is 11.7 Å². The molecular formula is C12H21N3O6S. The number of aliphatic carboxylic acids is 2. The molecule has 0 aliphatic carbocycles. The van der Waals surface area contributed by atoms with E-state index < -0.39 is 48.3 Å². The van der Waals surface area contributed by atoms with Crippen LogP contribution in [-0.2, 0) is 19.2 Å². The highest BCUT2D eigenvalue weighted by Gasteiger charge is 2.29. The van der Waals surface area contributed by atoms with Gasteiger partial charge in [-0.2, -0.15) is 12.6 Å². The summed E-state index contributed by atoms with van der Waals surface area (Å²) >= 11 is 3.91. The Morgan fingerprint density at radius 3 is 2.00 bits per heavy atom. The van der Waals surface area contributed by atoms with Crippen molar-refractivity contribution in [2.75, 3.05) is 5.75 Å². The van der Waals surface area contributed by atoms with Crippen molar-refractivity contribution in [3.8, 4) is 0 Å². The largest absolute Gasteiger partial charge is 0.481 e. The van der Waals surface area contributed by atoms with Crippen molar-refractivity contribution in [2.24, 2.45) is 11.7 Å². The molecule has 6 N–H and O–H groups in total. The Labute approximate surface area is 133 Å². The summed E-state index contributed by atoms with van der Waals surface area (Å²) in [6, 6.07) is -3.54. The average molecular weight is 335 g/mol. The number of carboxylic acid groups (broad SMARTS) is 2. The van der Waals surface area contributed by atoms with Crippen molar-refractivity contribution in [2.45, 2.75) is 38.4 Å². The molecule has 0 aromatic carbocycles. The average Bonchev–Trinajstić information content (AvgIpc) is 2.39. The summed E-state index contributed by atoms with van der Waals surface area (Å²) in [7, 11) is 0. The summed E-state index contributed by atoms with van der Waals surface area (Å²) in [6.45, 7) is 3.24. The lowest BCUT2D eigenvalue weighted by Crippen LogP contribution is -2.56. The van der Waals surface area contributed by atoms with Gasteiger partial charge in [-0.05, 0) is 5.92 Å². The van der Waals surface area contributed by atoms with Crippen molar-refractivity contribution in [3.63, 3.8) is 0 Å². The molecule has 0 fully saturated rings. The Kier molecular flexibility index (Phi) is 8.50. The van der Waals surface area contributed by atoms with Crippen LogP contribution >= 0.6 is 12.6 Å². The minimum atomic E-state index is -1.31. The van der Waals surface area contributed by atoms with Gasteiger partial charge in [0.1, 0.15) is 12.1 Å². The maximum atomic E-state index is 12.0. The number of rotatable bonds is 9. The lowest BCUT2D eigenvalue weighted by atomic mass is 10.0. The molecule has 2 amide bonds. The van der Waals surface area contributed by atoms with Gasteiger partial charge in [-0.25, -0.2) is 4.79 Å². The van der Waals surface area contributed by atoms with Crippen molar-refractivity contribution in [1.82, 2.24) is 10.6 Å². The van der Waals surface area contributed by atoms with Crippen molar-refractivity contribution < 1.29 is 29.4 Å². The Bertz CT molecular complexity index is 443. The van der Waals surface area contributed by atoms with E-state index in [1.54, 1.807) is 13.8 Å². The van der Waals surface area contributed by atoms with Crippen LogP contribution in [0.5, 0.6) is 0 Å². The zero-order valence-electron chi connectivity index (χ0n) is 12.3. The fraction of sp³-hybridized carbons (Fsp3) is 0.667. The van der Waals surface area contributed by atoms with E-state index in [1.807, 2.05) is 0 Å². The smallest absolute Gasteiger partial charge is 0.326 e. The van der Waals surface area contributed by atoms with Crippen LogP contribution in [0.1, 0.15) is 20.3 Å². The maximum absolute atomic E-state index is 12.0. The zero-order valence-corrected chi connectivity index (χ0v) is 13.2. The van der Waals surface area contributed by atoms with Crippen LogP contribution in [-0.4, -0.2) is 57.8 Å². The Morgan fingerprint density at radius 1 is 1.09 bits per heavy atom. The second kappa shape index (κ2) is 9.26. The number of amides is 2. The normalized spacial score (nSPS) is 14.8. The fourth-order valence-corrected chi connectivity index (χ4v) is 1.78. The molecule has 0 spiro atoms. The highest BCUT2D eigenvalue weighted by atomic mass is 32.1. The molecule has 9 nitrogen and oxygen atoms in total. The summed E-state index contributed by atoms with van der Waals surface area (Å²) in [5, 5.41) is 22.1. The number of thiol groups is 1. The molecule has 0 aliphatic rings. The number of nitrogens with one attached hydrogen (secondary N) is 2. The van der Waals surface area contributed by atoms with Gasteiger partial charge in [0.15, 0.2) is 0 Å². The molecule has 10 heteroatoms. The Morgan fingerprint density at radius 2 is 1.64 bits per heavy atom. The van der Waals surface area contributed by atoms with Crippen LogP contribution in [0, 0.1) is 5.92 Å². The number of nitrogens with two attached hydrogens (primary N) is 1. The first-order chi connectivity index (χ1) is 10.1. The van der Waals surface area contributed by atoms with Crippen LogP contribution in [0.15, 0.2) is 0 Å². The molecule has 0 rings (SSSR count). The molecule has 0 radical (unpaired) electrons. The maximum Gasteiger partial charge on any atom is 0.326 e. The first-order valence-corrected chi connectivity index (χ1v) is 7.15. The van der Waals surface area contributed by atoms with E-state index in [0.717, 1.165) is 0 Å². The Balaban J connectivity index is 4.75. The first kappa shape index (κ1) is 20.2. The minimum Gasteiger partial charge on any atom is -0.481 e. The van der Waals surface area contributed by atoms with Crippen molar-refractivity contribution >= 4 is 36.4 Å². The van der Waals surface area contributed by atoms with Gasteiger partial charge in [0.2, 0.25) is 11.8 Å². The fourth-order valence-electron chi connectivity index (χ4n) is 1.52. The standard InChI is InChI=1S/C12H21N3O6S/c1-5(2)9(12(20)21)15-11(19)7(4-22)14-10(18)6(13)3-8(16)17/h5-7,9,22H,3-4,13H2,1-2H3,(H,14,18)(H,15,19)(H,16,17)(H,20,21). The van der Waals surface area contributed by atoms with Crippen LogP contribution < -0.4 is 16.4 Å². The molecular weight excluding hydrogens is 314 g/mol. The molecule has 3 unspecified atom stereocenters. The summed E-state index contributed by atoms with van der Waals surface area (Å²) < 4.78 is 0. The predicted molar refractivity (Wildman–Crippen MR) is 80.4 cm³/mol. The second-order valence-corrected chi connectivity index (χ2v) is 5.38. The minimum absolute atomic E-state index is 0.0954. The molecule has 0 aliphatic heterocycles. The number of carboxylic acids is 2. The lowest BCUT2D eigenvalue weighted by molar-refractivity contribution is -0.143. The molecule has 0 heterocycles. The predicted octanol–water partition coefficient (Wildman–Crippen LogP) is -1.57. The summed E-state index contributed by atoms with van der Waals surface area (Å²) in [6.07, 6.45) is -0.587. The van der Waals surface area contributed by atoms with Gasteiger partial charge in [-0.3, -0.25) is 14.4 Å². The van der Waals surface area contributed by atoms with Gasteiger partial charge in [0, 0.05) is 5.75 Å². The molecule has 0 saturated carbocycles. The van der Waals surface area contributed by atoms with Gasteiger partial charge >= 0.3 is 11.9 Å². The third-order valence-electron chi connectivity index (χ3n) is 2.78. The van der Waals surface area contributed by atoms with E-state index in [1.165, 1.54) is 0 Å². The number of hydrogen-bond acceptors (Lipinski definition) is 6. The van der Waals surface area contributed by atoms with E-state index in [2.05, 4.69) is 23.3 Å². The van der Waals surface area contributed by atoms with Crippen LogP contribution in [0.25, 0.3) is 0 Å². The number of carbonyl (C=O) groups is 4. The highest BCUT2D eigenvalue weighted by Crippen LogP contribution is 2.03. The molecule has 0 saturated heterocycles. The van der Waals surface area contributed by atoms with E-state index in [0.29, 0.717) is 0 Å². The molecule has 126 valence electrons. The van der Waals surface area contributed by atoms with E-state index in [4.69, 9.17) is 15.9 Å². The molecule has 22 heavy (non-hydrogen) atoms. The van der Waals surface area contributed by atoms with Crippen LogP contribution in [0.4, 0.5) is 0 Å². The summed E-state index contributed by atoms with van der Waals surface area (Å²) in [5.41, 5.74) is 5.38. The highest BCUT2D eigenvalue weighted by molar-refractivity contribution is 7.80. The zero-order chi connectivity index (χ0) is 17.4. The second-order valence-electron chi connectivity index (χ2n) is 5.02. The topological polar surface area (TPSA) is 159 Å². The number of hydrogen-bond donors (Lipinski definition) is 6. The summed E-state index contributed by atoms with van der Waals surface area (Å²) in [4.78, 5) is 45.2. The monoisotopic (exact) mass is 335 g/mol. The van der Waals surface area contributed by atoms with Crippen molar-refractivity contribution in [3.05, 3.63) is 0 Å². The number of carbonyl (C=O) groups excluding carboxylic acids is 2. The summed E-state index contributed by atoms with van der Waals surface area (Å²) in [5.74, 6) is -4.45. The van der Waals surface area contributed by atoms with Gasteiger partial charge in [0.05, 0.1) is 12.5 Å². The van der Waals surface area contributed by atoms with Crippen LogP contribution in [0.3, 0.4) is 0 Å². The van der Waals surface area contributed by atoms with Gasteiger partial charge < -0.3 is 26.6 Å². The van der Waals surface area contributed by atoms with Gasteiger partial charge in [0.25, 0.3) is 0 Å². The van der Waals surface area contributed by atoms with Crippen LogP contribution in [0.2, 0.25) is 0 Å². The SMILES string of the molecule is CC(C)C(NC(=O)C(CS)NC(=O)C(N)CC(=O)O)C(=O)O. The van der Waals surface area contributed by atoms with Gasteiger partial charge in [-0.1, -0.05) is 13.8 Å². The van der Waals surface area contributed by atoms with E-state index >= 15 is 0 Å². The third-order valence-corrected chi connectivity index (χ3v) is 3.14. The van der Waals surface area contributed by atoms with E-state index in [9.17, 15) is 19.2 Å². The van der Waals surface area contributed by atoms with Crippen molar-refractivity contribution in [1.29, 1.82) is 0 Å².